The highest BCUT2D eigenvalue weighted by atomic mass is 32.2. The molecule has 1 unspecified atom stereocenters. The minimum atomic E-state index is -1.10. The Kier molecular flexibility index (Phi) is 7.42. The summed E-state index contributed by atoms with van der Waals surface area (Å²) in [6, 6.07) is -0.839. The van der Waals surface area contributed by atoms with Crippen molar-refractivity contribution in [3.63, 3.8) is 0 Å². The first-order valence-electron chi connectivity index (χ1n) is 5.59. The van der Waals surface area contributed by atoms with Gasteiger partial charge in [-0.05, 0) is 13.8 Å². The topological polar surface area (TPSA) is 86.7 Å². The van der Waals surface area contributed by atoms with E-state index in [1.807, 2.05) is 13.8 Å². The third-order valence-electron chi connectivity index (χ3n) is 2.35. The third-order valence-corrected chi connectivity index (χ3v) is 3.37. The molecule has 0 aliphatic carbocycles. The Labute approximate surface area is 111 Å². The van der Waals surface area contributed by atoms with E-state index in [4.69, 9.17) is 5.11 Å². The van der Waals surface area contributed by atoms with Gasteiger partial charge in [0, 0.05) is 25.8 Å². The summed E-state index contributed by atoms with van der Waals surface area (Å²) in [5.74, 6) is -1.16. The highest BCUT2D eigenvalue weighted by molar-refractivity contribution is 8.00. The van der Waals surface area contributed by atoms with E-state index in [0.717, 1.165) is 0 Å². The van der Waals surface area contributed by atoms with Crippen LogP contribution >= 0.6 is 11.8 Å². The first-order chi connectivity index (χ1) is 8.25. The number of hydrogen-bond acceptors (Lipinski definition) is 4. The second-order valence-electron chi connectivity index (χ2n) is 4.20. The molecular weight excluding hydrogens is 256 g/mol. The van der Waals surface area contributed by atoms with Crippen LogP contribution in [0.15, 0.2) is 0 Å². The first kappa shape index (κ1) is 16.8. The molecule has 18 heavy (non-hydrogen) atoms. The fraction of sp³-hybridized carbons (Fsp3) is 0.727. The van der Waals surface area contributed by atoms with Gasteiger partial charge < -0.3 is 15.3 Å². The van der Waals surface area contributed by atoms with Crippen LogP contribution in [-0.4, -0.2) is 58.4 Å². The molecule has 0 rings (SSSR count). The second-order valence-corrected chi connectivity index (χ2v) is 5.24. The Bertz CT molecular complexity index is 320. The molecule has 0 saturated carbocycles. The van der Waals surface area contributed by atoms with Gasteiger partial charge in [-0.15, -0.1) is 11.8 Å². The summed E-state index contributed by atoms with van der Waals surface area (Å²) in [6.07, 6.45) is 0. The summed E-state index contributed by atoms with van der Waals surface area (Å²) in [5, 5.41) is 11.2. The maximum Gasteiger partial charge on any atom is 0.327 e. The standard InChI is InChI=1S/C11H20N2O4S/c1-7(2)13(4)10(15)6-18-5-9(11(16)17)12-8(3)14/h7,9H,5-6H2,1-4H3,(H,12,14)(H,16,17). The van der Waals surface area contributed by atoms with Crippen molar-refractivity contribution in [1.82, 2.24) is 10.2 Å². The van der Waals surface area contributed by atoms with Crippen molar-refractivity contribution in [2.24, 2.45) is 0 Å². The van der Waals surface area contributed by atoms with Gasteiger partial charge >= 0.3 is 5.97 Å². The molecule has 0 aliphatic rings. The molecule has 0 spiro atoms. The zero-order chi connectivity index (χ0) is 14.3. The average molecular weight is 276 g/mol. The number of carboxylic acids is 1. The quantitative estimate of drug-likeness (QED) is 0.692. The number of nitrogens with zero attached hydrogens (tertiary/aromatic N) is 1. The highest BCUT2D eigenvalue weighted by Gasteiger charge is 2.19. The van der Waals surface area contributed by atoms with Crippen LogP contribution in [0.1, 0.15) is 20.8 Å². The van der Waals surface area contributed by atoms with Crippen molar-refractivity contribution in [2.75, 3.05) is 18.6 Å². The minimum absolute atomic E-state index is 0.0537. The largest absolute Gasteiger partial charge is 0.480 e. The first-order valence-corrected chi connectivity index (χ1v) is 6.74. The molecule has 104 valence electrons. The molecule has 2 N–H and O–H groups in total. The normalized spacial score (nSPS) is 12.1. The van der Waals surface area contributed by atoms with Gasteiger partial charge in [0.05, 0.1) is 5.75 Å². The van der Waals surface area contributed by atoms with E-state index in [0.29, 0.717) is 0 Å². The van der Waals surface area contributed by atoms with Gasteiger partial charge in [-0.3, -0.25) is 9.59 Å². The zero-order valence-corrected chi connectivity index (χ0v) is 11.9. The summed E-state index contributed by atoms with van der Waals surface area (Å²) in [6.45, 7) is 5.07. The number of rotatable bonds is 7. The van der Waals surface area contributed by atoms with Crippen LogP contribution in [0, 0.1) is 0 Å². The fourth-order valence-corrected chi connectivity index (χ4v) is 2.03. The number of thioether (sulfide) groups is 1. The van der Waals surface area contributed by atoms with Crippen molar-refractivity contribution < 1.29 is 19.5 Å². The molecule has 0 aliphatic heterocycles. The van der Waals surface area contributed by atoms with E-state index < -0.39 is 17.9 Å². The van der Waals surface area contributed by atoms with Crippen molar-refractivity contribution in [3.05, 3.63) is 0 Å². The van der Waals surface area contributed by atoms with Crippen LogP contribution in [0.4, 0.5) is 0 Å². The number of carboxylic acid groups (broad SMARTS) is 1. The smallest absolute Gasteiger partial charge is 0.327 e. The lowest BCUT2D eigenvalue weighted by Crippen LogP contribution is -2.42. The lowest BCUT2D eigenvalue weighted by molar-refractivity contribution is -0.140. The molecule has 2 amide bonds. The Hall–Kier alpha value is -1.24. The molecule has 0 saturated heterocycles. The van der Waals surface area contributed by atoms with Gasteiger partial charge in [0.15, 0.2) is 0 Å². The summed E-state index contributed by atoms with van der Waals surface area (Å²) in [5.41, 5.74) is 0. The molecule has 1 atom stereocenters. The predicted molar refractivity (Wildman–Crippen MR) is 70.5 cm³/mol. The minimum Gasteiger partial charge on any atom is -0.480 e. The Morgan fingerprint density at radius 3 is 2.28 bits per heavy atom. The van der Waals surface area contributed by atoms with Crippen LogP contribution in [0.3, 0.4) is 0 Å². The van der Waals surface area contributed by atoms with E-state index in [9.17, 15) is 14.4 Å². The Morgan fingerprint density at radius 2 is 1.89 bits per heavy atom. The van der Waals surface area contributed by atoms with Crippen molar-refractivity contribution >= 4 is 29.5 Å². The van der Waals surface area contributed by atoms with Gasteiger partial charge in [0.2, 0.25) is 11.8 Å². The SMILES string of the molecule is CC(=O)NC(CSCC(=O)N(C)C(C)C)C(=O)O. The molecule has 0 heterocycles. The third kappa shape index (κ3) is 6.48. The van der Waals surface area contributed by atoms with Crippen LogP contribution in [0.2, 0.25) is 0 Å². The number of carbonyl (C=O) groups is 3. The molecule has 0 fully saturated rings. The summed E-state index contributed by atoms with van der Waals surface area (Å²) in [7, 11) is 1.70. The summed E-state index contributed by atoms with van der Waals surface area (Å²) in [4.78, 5) is 34.9. The van der Waals surface area contributed by atoms with E-state index in [1.165, 1.54) is 18.7 Å². The molecular formula is C11H20N2O4S. The van der Waals surface area contributed by atoms with Crippen molar-refractivity contribution in [2.45, 2.75) is 32.9 Å². The van der Waals surface area contributed by atoms with E-state index >= 15 is 0 Å². The van der Waals surface area contributed by atoms with Gasteiger partial charge in [-0.1, -0.05) is 0 Å². The van der Waals surface area contributed by atoms with Crippen molar-refractivity contribution in [1.29, 1.82) is 0 Å². The predicted octanol–water partition coefficient (Wildman–Crippen LogP) is 0.176. The van der Waals surface area contributed by atoms with Gasteiger partial charge in [0.1, 0.15) is 6.04 Å². The molecule has 0 aromatic heterocycles. The van der Waals surface area contributed by atoms with E-state index in [1.54, 1.807) is 11.9 Å². The van der Waals surface area contributed by atoms with Gasteiger partial charge in [-0.25, -0.2) is 4.79 Å². The number of hydrogen-bond donors (Lipinski definition) is 2. The maximum absolute atomic E-state index is 11.6. The lowest BCUT2D eigenvalue weighted by atomic mass is 10.3. The second kappa shape index (κ2) is 7.97. The monoisotopic (exact) mass is 276 g/mol. The molecule has 7 heteroatoms. The van der Waals surface area contributed by atoms with Gasteiger partial charge in [0.25, 0.3) is 0 Å². The maximum atomic E-state index is 11.6. The van der Waals surface area contributed by atoms with Gasteiger partial charge in [-0.2, -0.15) is 0 Å². The van der Waals surface area contributed by atoms with Crippen LogP contribution in [-0.2, 0) is 14.4 Å². The Morgan fingerprint density at radius 1 is 1.33 bits per heavy atom. The van der Waals surface area contributed by atoms with E-state index in [2.05, 4.69) is 5.32 Å². The molecule has 0 bridgehead atoms. The average Bonchev–Trinajstić information content (AvgIpc) is 2.25. The molecule has 0 aromatic carbocycles. The summed E-state index contributed by atoms with van der Waals surface area (Å²) >= 11 is 1.20. The zero-order valence-electron chi connectivity index (χ0n) is 11.1. The molecule has 0 radical (unpaired) electrons. The number of amides is 2. The highest BCUT2D eigenvalue weighted by Crippen LogP contribution is 2.06. The Balaban J connectivity index is 4.11. The van der Waals surface area contributed by atoms with Crippen LogP contribution < -0.4 is 5.32 Å². The van der Waals surface area contributed by atoms with Crippen molar-refractivity contribution in [3.8, 4) is 0 Å². The number of aliphatic carboxylic acids is 1. The number of carbonyl (C=O) groups excluding carboxylic acids is 2. The molecule has 6 nitrogen and oxygen atoms in total. The summed E-state index contributed by atoms with van der Waals surface area (Å²) < 4.78 is 0. The lowest BCUT2D eigenvalue weighted by Gasteiger charge is -2.21. The molecule has 0 aromatic rings. The van der Waals surface area contributed by atoms with Crippen LogP contribution in [0.5, 0.6) is 0 Å². The number of nitrogens with one attached hydrogen (secondary N) is 1. The fourth-order valence-electron chi connectivity index (χ4n) is 1.07. The van der Waals surface area contributed by atoms with E-state index in [-0.39, 0.29) is 23.5 Å². The van der Waals surface area contributed by atoms with Crippen LogP contribution in [0.25, 0.3) is 0 Å².